The van der Waals surface area contributed by atoms with Gasteiger partial charge in [0.05, 0.1) is 6.61 Å². The highest BCUT2D eigenvalue weighted by molar-refractivity contribution is 6.31. The molecule has 0 spiro atoms. The predicted molar refractivity (Wildman–Crippen MR) is 67.4 cm³/mol. The predicted octanol–water partition coefficient (Wildman–Crippen LogP) is 2.02. The maximum Gasteiger partial charge on any atom is 0.164 e. The van der Waals surface area contributed by atoms with Crippen molar-refractivity contribution in [2.45, 2.75) is 26.7 Å². The normalized spacial score (nSPS) is 10.6. The molecule has 0 bridgehead atoms. The van der Waals surface area contributed by atoms with Gasteiger partial charge in [-0.1, -0.05) is 17.7 Å². The van der Waals surface area contributed by atoms with E-state index in [4.69, 9.17) is 16.3 Å². The fourth-order valence-corrected chi connectivity index (χ4v) is 1.86. The highest BCUT2D eigenvalue weighted by atomic mass is 35.5. The average Bonchev–Trinajstić information content (AvgIpc) is 2.83. The van der Waals surface area contributed by atoms with E-state index in [9.17, 15) is 5.11 Å². The number of hydrogen-bond donors (Lipinski definition) is 1. The fourth-order valence-electron chi connectivity index (χ4n) is 1.63. The smallest absolute Gasteiger partial charge is 0.164 e. The van der Waals surface area contributed by atoms with E-state index in [1.165, 1.54) is 6.33 Å². The Morgan fingerprint density at radius 3 is 3.00 bits per heavy atom. The molecule has 1 N–H and O–H groups in total. The first-order valence-electron chi connectivity index (χ1n) is 5.64. The highest BCUT2D eigenvalue weighted by Gasteiger charge is 2.09. The van der Waals surface area contributed by atoms with Crippen molar-refractivity contribution < 1.29 is 9.84 Å². The molecule has 2 rings (SSSR count). The first-order chi connectivity index (χ1) is 8.76. The Morgan fingerprint density at radius 2 is 2.28 bits per heavy atom. The van der Waals surface area contributed by atoms with Gasteiger partial charge in [-0.3, -0.25) is 0 Å². The van der Waals surface area contributed by atoms with Crippen LogP contribution in [0.5, 0.6) is 5.75 Å². The fraction of sp³-hybridized carbons (Fsp3) is 0.333. The first kappa shape index (κ1) is 12.9. The summed E-state index contributed by atoms with van der Waals surface area (Å²) in [5, 5.41) is 13.8. The summed E-state index contributed by atoms with van der Waals surface area (Å²) in [7, 11) is 0. The van der Waals surface area contributed by atoms with Crippen molar-refractivity contribution in [2.75, 3.05) is 0 Å². The van der Waals surface area contributed by atoms with Crippen molar-refractivity contribution in [3.8, 4) is 5.75 Å². The van der Waals surface area contributed by atoms with Gasteiger partial charge in [-0.2, -0.15) is 5.10 Å². The summed E-state index contributed by atoms with van der Waals surface area (Å²) < 4.78 is 7.38. The van der Waals surface area contributed by atoms with Gasteiger partial charge in [0.25, 0.3) is 0 Å². The highest BCUT2D eigenvalue weighted by Crippen LogP contribution is 2.26. The minimum absolute atomic E-state index is 0.157. The van der Waals surface area contributed by atoms with Gasteiger partial charge in [-0.25, -0.2) is 9.67 Å². The number of aliphatic hydroxyl groups is 1. The molecule has 1 heterocycles. The lowest BCUT2D eigenvalue weighted by atomic mass is 10.2. The summed E-state index contributed by atoms with van der Waals surface area (Å²) >= 11 is 5.98. The van der Waals surface area contributed by atoms with E-state index in [1.54, 1.807) is 22.9 Å². The molecule has 5 nitrogen and oxygen atoms in total. The van der Waals surface area contributed by atoms with Crippen molar-refractivity contribution in [3.05, 3.63) is 40.9 Å². The topological polar surface area (TPSA) is 60.2 Å². The Morgan fingerprint density at radius 1 is 1.44 bits per heavy atom. The zero-order valence-corrected chi connectivity index (χ0v) is 10.8. The number of aryl methyl sites for hydroxylation is 1. The van der Waals surface area contributed by atoms with Gasteiger partial charge < -0.3 is 9.84 Å². The van der Waals surface area contributed by atoms with E-state index >= 15 is 0 Å². The molecule has 0 aliphatic carbocycles. The van der Waals surface area contributed by atoms with Crippen molar-refractivity contribution in [1.29, 1.82) is 0 Å². The summed E-state index contributed by atoms with van der Waals surface area (Å²) in [5.41, 5.74) is 0.585. The molecule has 2 aromatic rings. The molecule has 0 unspecified atom stereocenters. The number of halogens is 1. The number of benzene rings is 1. The number of aromatic nitrogens is 3. The van der Waals surface area contributed by atoms with Gasteiger partial charge in [0.1, 0.15) is 18.7 Å². The summed E-state index contributed by atoms with van der Waals surface area (Å²) in [6.07, 6.45) is 1.49. The summed E-state index contributed by atoms with van der Waals surface area (Å²) in [5.74, 6) is 1.30. The summed E-state index contributed by atoms with van der Waals surface area (Å²) in [6.45, 7) is 2.86. The van der Waals surface area contributed by atoms with Crippen molar-refractivity contribution in [2.24, 2.45) is 0 Å². The molecule has 0 saturated heterocycles. The van der Waals surface area contributed by atoms with Crippen molar-refractivity contribution in [3.63, 3.8) is 0 Å². The van der Waals surface area contributed by atoms with E-state index in [0.717, 1.165) is 12.4 Å². The molecular weight excluding hydrogens is 254 g/mol. The van der Waals surface area contributed by atoms with Gasteiger partial charge in [-0.05, 0) is 19.1 Å². The molecule has 0 fully saturated rings. The second-order valence-corrected chi connectivity index (χ2v) is 4.06. The largest absolute Gasteiger partial charge is 0.485 e. The van der Waals surface area contributed by atoms with Crippen LogP contribution in [0, 0.1) is 0 Å². The zero-order chi connectivity index (χ0) is 13.0. The van der Waals surface area contributed by atoms with Gasteiger partial charge in [0.15, 0.2) is 5.82 Å². The second-order valence-electron chi connectivity index (χ2n) is 3.66. The first-order valence-corrected chi connectivity index (χ1v) is 6.01. The Balaban J connectivity index is 2.13. The Hall–Kier alpha value is -1.59. The molecule has 1 aromatic carbocycles. The lowest BCUT2D eigenvalue weighted by Crippen LogP contribution is -2.08. The van der Waals surface area contributed by atoms with E-state index in [-0.39, 0.29) is 6.61 Å². The zero-order valence-electron chi connectivity index (χ0n) is 10.0. The lowest BCUT2D eigenvalue weighted by molar-refractivity contribution is 0.253. The molecule has 0 radical (unpaired) electrons. The standard InChI is InChI=1S/C12H14ClN3O2/c1-2-16-12(14-8-15-16)7-18-11-5-3-4-10(13)9(11)6-17/h3-5,8,17H,2,6-7H2,1H3. The van der Waals surface area contributed by atoms with Crippen LogP contribution >= 0.6 is 11.6 Å². The molecule has 18 heavy (non-hydrogen) atoms. The number of hydrogen-bond acceptors (Lipinski definition) is 4. The van der Waals surface area contributed by atoms with Crippen LogP contribution in [-0.4, -0.2) is 19.9 Å². The number of ether oxygens (including phenoxy) is 1. The molecule has 0 atom stereocenters. The van der Waals surface area contributed by atoms with E-state index in [1.807, 2.05) is 6.92 Å². The molecule has 0 aliphatic rings. The third-order valence-electron chi connectivity index (χ3n) is 2.59. The Labute approximate surface area is 110 Å². The molecular formula is C12H14ClN3O2. The lowest BCUT2D eigenvalue weighted by Gasteiger charge is -2.11. The Bertz CT molecular complexity index is 528. The maximum absolute atomic E-state index is 9.26. The van der Waals surface area contributed by atoms with Gasteiger partial charge in [-0.15, -0.1) is 0 Å². The minimum atomic E-state index is -0.157. The quantitative estimate of drug-likeness (QED) is 0.900. The minimum Gasteiger partial charge on any atom is -0.485 e. The third-order valence-corrected chi connectivity index (χ3v) is 2.94. The number of nitrogens with zero attached hydrogens (tertiary/aromatic N) is 3. The van der Waals surface area contributed by atoms with E-state index in [0.29, 0.717) is 22.9 Å². The monoisotopic (exact) mass is 267 g/mol. The molecule has 0 aliphatic heterocycles. The number of rotatable bonds is 5. The van der Waals surface area contributed by atoms with Crippen molar-refractivity contribution >= 4 is 11.6 Å². The van der Waals surface area contributed by atoms with Crippen LogP contribution in [0.3, 0.4) is 0 Å². The van der Waals surface area contributed by atoms with Crippen LogP contribution in [0.4, 0.5) is 0 Å². The molecule has 6 heteroatoms. The molecule has 0 amide bonds. The molecule has 1 aromatic heterocycles. The molecule has 0 saturated carbocycles. The van der Waals surface area contributed by atoms with Crippen LogP contribution in [0.25, 0.3) is 0 Å². The number of aliphatic hydroxyl groups excluding tert-OH is 1. The molecule has 96 valence electrons. The van der Waals surface area contributed by atoms with Crippen molar-refractivity contribution in [1.82, 2.24) is 14.8 Å². The van der Waals surface area contributed by atoms with Gasteiger partial charge in [0.2, 0.25) is 0 Å². The van der Waals surface area contributed by atoms with Crippen LogP contribution in [0.2, 0.25) is 5.02 Å². The van der Waals surface area contributed by atoms with Gasteiger partial charge in [0, 0.05) is 17.1 Å². The van der Waals surface area contributed by atoms with Gasteiger partial charge >= 0.3 is 0 Å². The van der Waals surface area contributed by atoms with Crippen LogP contribution < -0.4 is 4.74 Å². The Kier molecular flexibility index (Phi) is 4.17. The SMILES string of the molecule is CCn1ncnc1COc1cccc(Cl)c1CO. The summed E-state index contributed by atoms with van der Waals surface area (Å²) in [6, 6.07) is 5.26. The second kappa shape index (κ2) is 5.84. The van der Waals surface area contributed by atoms with Crippen LogP contribution in [0.15, 0.2) is 24.5 Å². The van der Waals surface area contributed by atoms with Crippen LogP contribution in [0.1, 0.15) is 18.3 Å². The average molecular weight is 268 g/mol. The third kappa shape index (κ3) is 2.63. The summed E-state index contributed by atoms with van der Waals surface area (Å²) in [4.78, 5) is 4.11. The van der Waals surface area contributed by atoms with Crippen LogP contribution in [-0.2, 0) is 19.8 Å². The van der Waals surface area contributed by atoms with E-state index < -0.39 is 0 Å². The maximum atomic E-state index is 9.26. The van der Waals surface area contributed by atoms with E-state index in [2.05, 4.69) is 10.1 Å².